The van der Waals surface area contributed by atoms with Gasteiger partial charge < -0.3 is 25.8 Å². The average molecular weight is 941 g/mol. The molecule has 64 heavy (non-hydrogen) atoms. The molecule has 0 radical (unpaired) electrons. The molecule has 0 saturated carbocycles. The van der Waals surface area contributed by atoms with Gasteiger partial charge in [0.05, 0.1) is 42.3 Å². The second-order valence-electron chi connectivity index (χ2n) is 14.0. The highest BCUT2D eigenvalue weighted by Crippen LogP contribution is 2.37. The molecule has 0 atom stereocenters. The fourth-order valence-electron chi connectivity index (χ4n) is 6.68. The van der Waals surface area contributed by atoms with Crippen molar-refractivity contribution in [2.45, 2.75) is 19.6 Å². The SMILES string of the molecule is O=S(=O)([O-])c1ccc(Nc2cc3nc4cc(Nc5ccc(S(=O)(=O)O)cc5)c(Nc5ccc(S(=O)(=O)O)cc5)cc4[n+](-c4ccccc4)c3cc2Nc2ccc(S(=O)(=O)O)cc2)cc1. The zero-order chi connectivity index (χ0) is 45.6. The van der Waals surface area contributed by atoms with Crippen LogP contribution in [0.4, 0.5) is 45.5 Å². The molecule has 22 heteroatoms. The number of fused-ring (bicyclic) bond motifs is 2. The van der Waals surface area contributed by atoms with Gasteiger partial charge in [-0.25, -0.2) is 13.4 Å². The van der Waals surface area contributed by atoms with Crippen LogP contribution in [0.15, 0.2) is 171 Å². The average Bonchev–Trinajstić information content (AvgIpc) is 3.23. The summed E-state index contributed by atoms with van der Waals surface area (Å²) in [5.74, 6) is 0. The van der Waals surface area contributed by atoms with E-state index in [0.29, 0.717) is 73.3 Å². The summed E-state index contributed by atoms with van der Waals surface area (Å²) in [5, 5.41) is 13.0. The van der Waals surface area contributed by atoms with Gasteiger partial charge in [-0.3, -0.25) is 13.7 Å². The lowest BCUT2D eigenvalue weighted by Gasteiger charge is -2.18. The second kappa shape index (κ2) is 16.6. The Morgan fingerprint density at radius 2 is 0.703 bits per heavy atom. The first-order valence-corrected chi connectivity index (χ1v) is 24.2. The maximum Gasteiger partial charge on any atom is 0.294 e. The van der Waals surface area contributed by atoms with Gasteiger partial charge in [-0.15, -0.1) is 4.57 Å². The summed E-state index contributed by atoms with van der Waals surface area (Å²) in [7, 11) is -18.2. The smallest absolute Gasteiger partial charge is 0.294 e. The molecule has 8 aromatic rings. The van der Waals surface area contributed by atoms with E-state index in [1.807, 2.05) is 34.9 Å². The third-order valence-corrected chi connectivity index (χ3v) is 13.1. The first-order valence-electron chi connectivity index (χ1n) is 18.5. The molecule has 0 spiro atoms. The fourth-order valence-corrected chi connectivity index (χ4v) is 8.59. The normalized spacial score (nSPS) is 12.2. The molecule has 0 aliphatic heterocycles. The zero-order valence-corrected chi connectivity index (χ0v) is 35.7. The van der Waals surface area contributed by atoms with Gasteiger partial charge in [0.25, 0.3) is 30.4 Å². The van der Waals surface area contributed by atoms with Crippen molar-refractivity contribution in [1.29, 1.82) is 0 Å². The summed E-state index contributed by atoms with van der Waals surface area (Å²) in [6, 6.07) is 37.3. The Hall–Kier alpha value is -7.02. The number of anilines is 8. The Morgan fingerprint density at radius 1 is 0.406 bits per heavy atom. The lowest BCUT2D eigenvalue weighted by molar-refractivity contribution is -0.538. The maximum absolute atomic E-state index is 11.8. The molecule has 1 aromatic heterocycles. The van der Waals surface area contributed by atoms with E-state index >= 15 is 0 Å². The molecular formula is C42H32N6O12S4. The number of hydrogen-bond donors (Lipinski definition) is 7. The fraction of sp³-hybridized carbons (Fsp3) is 0. The van der Waals surface area contributed by atoms with Gasteiger partial charge >= 0.3 is 0 Å². The molecule has 0 amide bonds. The molecule has 0 aliphatic rings. The van der Waals surface area contributed by atoms with E-state index in [0.717, 1.165) is 12.1 Å². The summed E-state index contributed by atoms with van der Waals surface area (Å²) < 4.78 is 136. The highest BCUT2D eigenvalue weighted by Gasteiger charge is 2.25. The molecule has 18 nitrogen and oxygen atoms in total. The van der Waals surface area contributed by atoms with Crippen molar-refractivity contribution in [2.24, 2.45) is 0 Å². The van der Waals surface area contributed by atoms with Crippen LogP contribution in [0, 0.1) is 0 Å². The molecular weight excluding hydrogens is 909 g/mol. The third-order valence-electron chi connectivity index (χ3n) is 9.68. The highest BCUT2D eigenvalue weighted by atomic mass is 32.2. The quantitative estimate of drug-likeness (QED) is 0.0339. The van der Waals surface area contributed by atoms with Crippen LogP contribution in [-0.4, -0.2) is 56.9 Å². The number of benzene rings is 7. The lowest BCUT2D eigenvalue weighted by Crippen LogP contribution is -2.33. The van der Waals surface area contributed by atoms with E-state index in [1.54, 1.807) is 24.3 Å². The van der Waals surface area contributed by atoms with Crippen molar-refractivity contribution in [3.8, 4) is 5.69 Å². The molecule has 0 bridgehead atoms. The minimum absolute atomic E-state index is 0.327. The number of rotatable bonds is 13. The number of nitrogens with one attached hydrogen (secondary N) is 4. The van der Waals surface area contributed by atoms with Crippen molar-refractivity contribution in [3.05, 3.63) is 152 Å². The largest absolute Gasteiger partial charge is 0.744 e. The predicted molar refractivity (Wildman–Crippen MR) is 237 cm³/mol. The van der Waals surface area contributed by atoms with Gasteiger partial charge in [0.1, 0.15) is 21.2 Å². The van der Waals surface area contributed by atoms with Gasteiger partial charge in [0.2, 0.25) is 16.7 Å². The Labute approximate surface area is 365 Å². The van der Waals surface area contributed by atoms with Crippen LogP contribution in [0.3, 0.4) is 0 Å². The Kier molecular flexibility index (Phi) is 11.3. The summed E-state index contributed by atoms with van der Waals surface area (Å²) in [5.41, 5.74) is 5.91. The minimum Gasteiger partial charge on any atom is -0.744 e. The van der Waals surface area contributed by atoms with Gasteiger partial charge in [0.15, 0.2) is 0 Å². The van der Waals surface area contributed by atoms with Crippen LogP contribution in [0.2, 0.25) is 0 Å². The highest BCUT2D eigenvalue weighted by molar-refractivity contribution is 7.86. The molecule has 0 aliphatic carbocycles. The van der Waals surface area contributed by atoms with Gasteiger partial charge in [0, 0.05) is 47.0 Å². The van der Waals surface area contributed by atoms with Gasteiger partial charge in [-0.2, -0.15) is 25.3 Å². The summed E-state index contributed by atoms with van der Waals surface area (Å²) in [6.45, 7) is 0. The van der Waals surface area contributed by atoms with E-state index < -0.39 is 45.4 Å². The standard InChI is InChI=1S/C42H32N6O12S4/c49-61(50,51)31-14-6-26(7-15-31)43-35-22-39-41(24-37(35)45-28-10-18-33(19-11-28)63(55,56)57)48(30-4-2-1-3-5-30)42-25-38(46-29-12-20-34(21-13-29)64(58,59)60)36(23-40(42)47-39)44-27-8-16-32(17-9-27)62(52,53)54/h1-25H,(H7,43,44,45,46,47,49,50,51,52,53,54,55,56,57,58,59,60). The molecule has 1 heterocycles. The lowest BCUT2D eigenvalue weighted by atomic mass is 10.1. The van der Waals surface area contributed by atoms with Crippen LogP contribution < -0.4 is 25.8 Å². The number of para-hydroxylation sites is 1. The topological polar surface area (TPSA) is 285 Å². The van der Waals surface area contributed by atoms with Crippen molar-refractivity contribution in [1.82, 2.24) is 4.98 Å². The predicted octanol–water partition coefficient (Wildman–Crippen LogP) is 7.28. The number of nitrogens with zero attached hydrogens (tertiary/aromatic N) is 2. The first kappa shape index (κ1) is 43.6. The molecule has 8 rings (SSSR count). The minimum atomic E-state index is -4.73. The van der Waals surface area contributed by atoms with Crippen molar-refractivity contribution < 1.29 is 56.4 Å². The molecule has 0 fully saturated rings. The van der Waals surface area contributed by atoms with Crippen LogP contribution in [0.1, 0.15) is 0 Å². The van der Waals surface area contributed by atoms with E-state index in [9.17, 15) is 51.9 Å². The van der Waals surface area contributed by atoms with Crippen LogP contribution in [0.5, 0.6) is 0 Å². The number of aromatic nitrogens is 2. The molecule has 326 valence electrons. The molecule has 0 unspecified atom stereocenters. The monoisotopic (exact) mass is 940 g/mol. The maximum atomic E-state index is 11.8. The van der Waals surface area contributed by atoms with Crippen molar-refractivity contribution in [3.63, 3.8) is 0 Å². The Bertz CT molecular complexity index is 3350. The van der Waals surface area contributed by atoms with E-state index in [4.69, 9.17) is 4.98 Å². The summed E-state index contributed by atoms with van der Waals surface area (Å²) in [6.07, 6.45) is 0. The van der Waals surface area contributed by atoms with Crippen LogP contribution in [-0.2, 0) is 40.5 Å². The third kappa shape index (κ3) is 9.63. The number of hydrogen-bond acceptors (Lipinski definition) is 14. The first-order chi connectivity index (χ1) is 30.2. The van der Waals surface area contributed by atoms with E-state index in [2.05, 4.69) is 21.3 Å². The van der Waals surface area contributed by atoms with Crippen LogP contribution >= 0.6 is 0 Å². The van der Waals surface area contributed by atoms with E-state index in [-0.39, 0.29) is 14.7 Å². The Morgan fingerprint density at radius 3 is 1.00 bits per heavy atom. The molecule has 0 saturated heterocycles. The van der Waals surface area contributed by atoms with E-state index in [1.165, 1.54) is 84.9 Å². The Balaban J connectivity index is 1.35. The zero-order valence-electron chi connectivity index (χ0n) is 32.5. The van der Waals surface area contributed by atoms with Crippen molar-refractivity contribution in [2.75, 3.05) is 21.3 Å². The summed E-state index contributed by atoms with van der Waals surface area (Å²) in [4.78, 5) is 3.63. The van der Waals surface area contributed by atoms with Gasteiger partial charge in [-0.05, 0) is 109 Å². The molecule has 7 aromatic carbocycles. The van der Waals surface area contributed by atoms with Gasteiger partial charge in [-0.1, -0.05) is 18.2 Å². The van der Waals surface area contributed by atoms with Crippen molar-refractivity contribution >= 4 is 108 Å². The summed E-state index contributed by atoms with van der Waals surface area (Å²) >= 11 is 0. The molecule has 7 N–H and O–H groups in total. The van der Waals surface area contributed by atoms with Crippen LogP contribution in [0.25, 0.3) is 27.8 Å². The second-order valence-corrected chi connectivity index (χ2v) is 19.7.